The van der Waals surface area contributed by atoms with E-state index in [4.69, 9.17) is 16.3 Å². The number of hydrogen-bond donors (Lipinski definition) is 1. The van der Waals surface area contributed by atoms with Gasteiger partial charge in [-0.25, -0.2) is 8.42 Å². The molecule has 35 heavy (non-hydrogen) atoms. The van der Waals surface area contributed by atoms with E-state index in [-0.39, 0.29) is 25.1 Å². The maximum Gasteiger partial charge on any atom is 0.258 e. The van der Waals surface area contributed by atoms with Crippen LogP contribution in [0.5, 0.6) is 5.75 Å². The summed E-state index contributed by atoms with van der Waals surface area (Å²) in [5, 5.41) is 3.56. The number of halogens is 1. The van der Waals surface area contributed by atoms with E-state index in [1.807, 2.05) is 13.8 Å². The molecule has 3 aromatic rings. The van der Waals surface area contributed by atoms with Gasteiger partial charge in [0.15, 0.2) is 6.61 Å². The van der Waals surface area contributed by atoms with E-state index in [0.717, 1.165) is 22.9 Å². The molecular weight excluding hydrogens is 484 g/mol. The van der Waals surface area contributed by atoms with Crippen molar-refractivity contribution in [1.29, 1.82) is 0 Å². The number of anilines is 1. The van der Waals surface area contributed by atoms with Crippen LogP contribution in [0.4, 0.5) is 5.69 Å². The van der Waals surface area contributed by atoms with E-state index in [1.54, 1.807) is 48.5 Å². The lowest BCUT2D eigenvalue weighted by Crippen LogP contribution is -2.31. The minimum atomic E-state index is -3.52. The van der Waals surface area contributed by atoms with E-state index >= 15 is 0 Å². The SMILES string of the molecule is Cc1cc(C)c([C@H](C)NC(=O)COc2ccc(N(Cc3ccc(Cl)cc3)S(C)(=O)=O)cc2)cc1C. The summed E-state index contributed by atoms with van der Waals surface area (Å²) >= 11 is 5.93. The van der Waals surface area contributed by atoms with Gasteiger partial charge in [-0.15, -0.1) is 0 Å². The first kappa shape index (κ1) is 26.6. The fourth-order valence-corrected chi connectivity index (χ4v) is 4.84. The highest BCUT2D eigenvalue weighted by atomic mass is 35.5. The van der Waals surface area contributed by atoms with Gasteiger partial charge in [0.2, 0.25) is 10.0 Å². The maximum atomic E-state index is 12.5. The van der Waals surface area contributed by atoms with Crippen LogP contribution < -0.4 is 14.4 Å². The van der Waals surface area contributed by atoms with Gasteiger partial charge in [0.25, 0.3) is 5.91 Å². The summed E-state index contributed by atoms with van der Waals surface area (Å²) in [5.41, 5.74) is 5.92. The van der Waals surface area contributed by atoms with E-state index in [2.05, 4.69) is 31.3 Å². The van der Waals surface area contributed by atoms with Crippen LogP contribution in [-0.2, 0) is 21.4 Å². The molecule has 0 radical (unpaired) electrons. The van der Waals surface area contributed by atoms with Crippen molar-refractivity contribution in [2.75, 3.05) is 17.2 Å². The van der Waals surface area contributed by atoms with Gasteiger partial charge in [0.1, 0.15) is 5.75 Å². The quantitative estimate of drug-likeness (QED) is 0.410. The van der Waals surface area contributed by atoms with Crippen LogP contribution >= 0.6 is 11.6 Å². The number of nitrogens with one attached hydrogen (secondary N) is 1. The third-order valence-electron chi connectivity index (χ3n) is 5.86. The second-order valence-corrected chi connectivity index (χ2v) is 11.1. The number of benzene rings is 3. The average Bonchev–Trinajstić information content (AvgIpc) is 2.79. The number of carbonyl (C=O) groups excluding carboxylic acids is 1. The number of hydrogen-bond acceptors (Lipinski definition) is 4. The van der Waals surface area contributed by atoms with Gasteiger partial charge in [0, 0.05) is 5.02 Å². The molecule has 1 N–H and O–H groups in total. The van der Waals surface area contributed by atoms with Crippen molar-refractivity contribution in [2.45, 2.75) is 40.3 Å². The predicted molar refractivity (Wildman–Crippen MR) is 142 cm³/mol. The largest absolute Gasteiger partial charge is 0.484 e. The third kappa shape index (κ3) is 7.23. The molecule has 0 aliphatic carbocycles. The number of rotatable bonds is 9. The molecule has 3 rings (SSSR count). The average molecular weight is 515 g/mol. The maximum absolute atomic E-state index is 12.5. The fraction of sp³-hybridized carbons (Fsp3) is 0.296. The van der Waals surface area contributed by atoms with Crippen molar-refractivity contribution < 1.29 is 17.9 Å². The molecule has 6 nitrogen and oxygen atoms in total. The second kappa shape index (κ2) is 11.1. The summed E-state index contributed by atoms with van der Waals surface area (Å²) in [6, 6.07) is 17.7. The van der Waals surface area contributed by atoms with Crippen LogP contribution in [-0.4, -0.2) is 27.2 Å². The van der Waals surface area contributed by atoms with Gasteiger partial charge in [-0.1, -0.05) is 35.9 Å². The molecule has 0 unspecified atom stereocenters. The number of amides is 1. The van der Waals surface area contributed by atoms with Crippen LogP contribution in [0.25, 0.3) is 0 Å². The van der Waals surface area contributed by atoms with Gasteiger partial charge < -0.3 is 10.1 Å². The number of sulfonamides is 1. The molecule has 0 spiro atoms. The summed E-state index contributed by atoms with van der Waals surface area (Å²) in [6.07, 6.45) is 1.16. The Morgan fingerprint density at radius 2 is 1.57 bits per heavy atom. The molecule has 0 saturated heterocycles. The highest BCUT2D eigenvalue weighted by molar-refractivity contribution is 7.92. The van der Waals surface area contributed by atoms with E-state index in [0.29, 0.717) is 16.5 Å². The van der Waals surface area contributed by atoms with Gasteiger partial charge in [-0.2, -0.15) is 0 Å². The summed E-state index contributed by atoms with van der Waals surface area (Å²) in [4.78, 5) is 12.5. The minimum absolute atomic E-state index is 0.145. The first-order valence-electron chi connectivity index (χ1n) is 11.3. The number of carbonyl (C=O) groups is 1. The van der Waals surface area contributed by atoms with E-state index in [9.17, 15) is 13.2 Å². The molecule has 0 heterocycles. The number of ether oxygens (including phenoxy) is 1. The van der Waals surface area contributed by atoms with Gasteiger partial charge >= 0.3 is 0 Å². The fourth-order valence-electron chi connectivity index (χ4n) is 3.82. The first-order chi connectivity index (χ1) is 16.4. The summed E-state index contributed by atoms with van der Waals surface area (Å²) in [7, 11) is -3.52. The Balaban J connectivity index is 1.62. The normalized spacial score (nSPS) is 12.2. The molecule has 1 amide bonds. The lowest BCUT2D eigenvalue weighted by atomic mass is 9.96. The van der Waals surface area contributed by atoms with Gasteiger partial charge in [-0.05, 0) is 91.9 Å². The second-order valence-electron chi connectivity index (χ2n) is 8.76. The van der Waals surface area contributed by atoms with Crippen molar-refractivity contribution in [1.82, 2.24) is 5.32 Å². The number of nitrogens with zero attached hydrogens (tertiary/aromatic N) is 1. The van der Waals surface area contributed by atoms with Gasteiger partial charge in [-0.3, -0.25) is 9.10 Å². The van der Waals surface area contributed by atoms with Crippen LogP contribution in [0.2, 0.25) is 5.02 Å². The Morgan fingerprint density at radius 1 is 0.971 bits per heavy atom. The monoisotopic (exact) mass is 514 g/mol. The molecule has 8 heteroatoms. The van der Waals surface area contributed by atoms with Crippen molar-refractivity contribution in [3.63, 3.8) is 0 Å². The van der Waals surface area contributed by atoms with Crippen molar-refractivity contribution in [3.8, 4) is 5.75 Å². The zero-order chi connectivity index (χ0) is 25.8. The van der Waals surface area contributed by atoms with Gasteiger partial charge in [0.05, 0.1) is 24.5 Å². The standard InChI is InChI=1S/C27H31ClN2O4S/c1-18-14-20(3)26(15-19(18)2)21(4)29-27(31)17-34-25-12-10-24(11-13-25)30(35(5,32)33)16-22-6-8-23(28)9-7-22/h6-15,21H,16-17H2,1-5H3,(H,29,31)/t21-/m0/s1. The molecular formula is C27H31ClN2O4S. The van der Waals surface area contributed by atoms with Crippen LogP contribution in [0.1, 0.15) is 40.8 Å². The lowest BCUT2D eigenvalue weighted by molar-refractivity contribution is -0.123. The Morgan fingerprint density at radius 3 is 2.17 bits per heavy atom. The Hall–Kier alpha value is -3.03. The minimum Gasteiger partial charge on any atom is -0.484 e. The van der Waals surface area contributed by atoms with Crippen molar-refractivity contribution in [2.24, 2.45) is 0 Å². The summed E-state index contributed by atoms with van der Waals surface area (Å²) < 4.78 is 31.7. The molecule has 0 aromatic heterocycles. The predicted octanol–water partition coefficient (Wildman–Crippen LogP) is 5.49. The topological polar surface area (TPSA) is 75.7 Å². The molecule has 0 aliphatic rings. The molecule has 0 fully saturated rings. The molecule has 186 valence electrons. The zero-order valence-corrected chi connectivity index (χ0v) is 22.2. The van der Waals surface area contributed by atoms with Crippen LogP contribution in [0, 0.1) is 20.8 Å². The summed E-state index contributed by atoms with van der Waals surface area (Å²) in [6.45, 7) is 8.14. The molecule has 0 aliphatic heterocycles. The van der Waals surface area contributed by atoms with Crippen LogP contribution in [0.15, 0.2) is 60.7 Å². The molecule has 0 saturated carbocycles. The smallest absolute Gasteiger partial charge is 0.258 e. The molecule has 1 atom stereocenters. The highest BCUT2D eigenvalue weighted by Crippen LogP contribution is 2.25. The Bertz CT molecular complexity index is 1290. The Labute approximate surface area is 212 Å². The van der Waals surface area contributed by atoms with Crippen molar-refractivity contribution in [3.05, 3.63) is 93.5 Å². The van der Waals surface area contributed by atoms with E-state index < -0.39 is 10.0 Å². The molecule has 3 aromatic carbocycles. The molecule has 0 bridgehead atoms. The first-order valence-corrected chi connectivity index (χ1v) is 13.5. The van der Waals surface area contributed by atoms with Crippen LogP contribution in [0.3, 0.4) is 0 Å². The lowest BCUT2D eigenvalue weighted by Gasteiger charge is -2.23. The third-order valence-corrected chi connectivity index (χ3v) is 7.25. The number of aryl methyl sites for hydroxylation is 3. The highest BCUT2D eigenvalue weighted by Gasteiger charge is 2.18. The Kier molecular flexibility index (Phi) is 8.46. The van der Waals surface area contributed by atoms with E-state index in [1.165, 1.54) is 15.4 Å². The zero-order valence-electron chi connectivity index (χ0n) is 20.6. The summed E-state index contributed by atoms with van der Waals surface area (Å²) in [5.74, 6) is 0.235. The van der Waals surface area contributed by atoms with Crippen molar-refractivity contribution >= 4 is 33.2 Å².